The zero-order chi connectivity index (χ0) is 50.2. The molecule has 0 fully saturated rings. The number of carboxylic acid groups (broad SMARTS) is 1. The van der Waals surface area contributed by atoms with Crippen LogP contribution < -0.4 is 4.90 Å². The van der Waals surface area contributed by atoms with Crippen LogP contribution in [-0.2, 0) is 65.5 Å². The molecule has 2 aliphatic heterocycles. The first kappa shape index (κ1) is 52.5. The highest BCUT2D eigenvalue weighted by atomic mass is 32.2. The Morgan fingerprint density at radius 1 is 0.706 bits per heavy atom. The van der Waals surface area contributed by atoms with Crippen LogP contribution in [0.4, 0.5) is 11.4 Å². The molecule has 0 aliphatic carbocycles. The highest BCUT2D eigenvalue weighted by Gasteiger charge is 2.46. The Kier molecular flexibility index (Phi) is 15.4. The molecule has 19 nitrogen and oxygen atoms in total. The van der Waals surface area contributed by atoms with Gasteiger partial charge in [0.1, 0.15) is 11.4 Å². The van der Waals surface area contributed by atoms with Crippen LogP contribution in [0.2, 0.25) is 0 Å². The number of rotatable bonds is 20. The molecule has 0 atom stereocenters. The Balaban J connectivity index is 1.38. The number of hydrogen-bond acceptors (Lipinski definition) is 14. The molecule has 4 aromatic carbocycles. The van der Waals surface area contributed by atoms with E-state index in [0.29, 0.717) is 88.6 Å². The van der Waals surface area contributed by atoms with Gasteiger partial charge in [0.2, 0.25) is 5.69 Å². The number of fused-ring (bicyclic) bond motifs is 6. The van der Waals surface area contributed by atoms with Gasteiger partial charge in [0.15, 0.2) is 5.71 Å². The molecular formula is C44H49N2O17S5+. The number of hydrogen-bond donors (Lipinski definition) is 6. The Labute approximate surface area is 397 Å². The summed E-state index contributed by atoms with van der Waals surface area (Å²) < 4.78 is 144. The number of benzene rings is 4. The van der Waals surface area contributed by atoms with Crippen molar-refractivity contribution in [2.24, 2.45) is 0 Å². The Morgan fingerprint density at radius 2 is 1.32 bits per heavy atom. The average Bonchev–Trinajstić information content (AvgIpc) is 3.58. The minimum absolute atomic E-state index is 0.0153. The molecule has 4 aromatic rings. The van der Waals surface area contributed by atoms with E-state index >= 15 is 0 Å². The summed E-state index contributed by atoms with van der Waals surface area (Å²) in [5.74, 6) is -1.46. The van der Waals surface area contributed by atoms with Crippen molar-refractivity contribution in [3.63, 3.8) is 0 Å². The van der Waals surface area contributed by atoms with E-state index in [2.05, 4.69) is 9.37 Å². The van der Waals surface area contributed by atoms with E-state index in [9.17, 15) is 56.7 Å². The molecule has 2 aliphatic rings. The van der Waals surface area contributed by atoms with Crippen molar-refractivity contribution in [1.82, 2.24) is 0 Å². The Morgan fingerprint density at radius 3 is 1.94 bits per heavy atom. The second-order valence-corrected chi connectivity index (χ2v) is 23.6. The second kappa shape index (κ2) is 19.9. The van der Waals surface area contributed by atoms with E-state index in [1.807, 2.05) is 43.2 Å². The summed E-state index contributed by atoms with van der Waals surface area (Å²) in [7, 11) is -18.9. The standard InChI is InChI=1S/C44H48N2O17S5/c1-43(2)39(46(22-13-23-65(50,51)52)34-19-17-30-32(41(34)43)24-28(66(53,54)55)26-36(30)64-63-62-49)15-10-7-5-6-9-14-38-44(3,4)42-33-25-29(67(56,57)58)27-37(68(59,60)61)31(33)18-20-35(42)45(38)21-12-8-11-16-40(47)48/h5-7,9-10,14-15,17-20,24-27H,8,11-13,16,21-23H2,1-4H3,(H5-,47,48,49,50,51,52,53,54,55,56,57,58,59,60,61)/p+1. The summed E-state index contributed by atoms with van der Waals surface area (Å²) in [4.78, 5) is 11.3. The largest absolute Gasteiger partial charge is 0.481 e. The number of aliphatic carboxylic acids is 1. The van der Waals surface area contributed by atoms with Crippen LogP contribution in [0.1, 0.15) is 70.9 Å². The van der Waals surface area contributed by atoms with Gasteiger partial charge in [-0.1, -0.05) is 55.3 Å². The lowest BCUT2D eigenvalue weighted by atomic mass is 9.79. The summed E-state index contributed by atoms with van der Waals surface area (Å²) in [6.45, 7) is 7.98. The molecule has 366 valence electrons. The third-order valence-corrected chi connectivity index (χ3v) is 15.8. The molecule has 6 N–H and O–H groups in total. The molecule has 0 bridgehead atoms. The fourth-order valence-electron chi connectivity index (χ4n) is 9.01. The zero-order valence-electron chi connectivity index (χ0n) is 36.9. The Hall–Kier alpha value is -4.83. The van der Waals surface area contributed by atoms with E-state index in [4.69, 9.17) is 10.4 Å². The van der Waals surface area contributed by atoms with Crippen LogP contribution >= 0.6 is 12.0 Å². The summed E-state index contributed by atoms with van der Waals surface area (Å²) in [5.41, 5.74) is 1.91. The Bertz CT molecular complexity index is 3320. The van der Waals surface area contributed by atoms with Crippen molar-refractivity contribution in [3.05, 3.63) is 108 Å². The van der Waals surface area contributed by atoms with E-state index in [0.717, 1.165) is 12.1 Å². The normalized spacial score (nSPS) is 17.0. The van der Waals surface area contributed by atoms with E-state index < -0.39 is 77.7 Å². The van der Waals surface area contributed by atoms with Crippen molar-refractivity contribution < 1.29 is 81.0 Å². The van der Waals surface area contributed by atoms with Gasteiger partial charge in [-0.2, -0.15) is 38.2 Å². The molecule has 2 heterocycles. The van der Waals surface area contributed by atoms with Crippen molar-refractivity contribution in [2.75, 3.05) is 23.7 Å². The van der Waals surface area contributed by atoms with Gasteiger partial charge in [-0.3, -0.25) is 23.0 Å². The van der Waals surface area contributed by atoms with Crippen molar-refractivity contribution >= 4 is 97.1 Å². The van der Waals surface area contributed by atoms with Gasteiger partial charge < -0.3 is 10.0 Å². The van der Waals surface area contributed by atoms with Gasteiger partial charge in [0.25, 0.3) is 40.5 Å². The summed E-state index contributed by atoms with van der Waals surface area (Å²) in [6, 6.07) is 10.8. The first-order chi connectivity index (χ1) is 31.6. The molecular weight excluding hydrogens is 989 g/mol. The average molecular weight is 1040 g/mol. The topological polar surface area (TPSA) is 300 Å². The van der Waals surface area contributed by atoms with Gasteiger partial charge in [0.05, 0.1) is 33.0 Å². The maximum Gasteiger partial charge on any atom is 0.303 e. The third kappa shape index (κ3) is 11.3. The molecule has 0 spiro atoms. The molecule has 0 unspecified atom stereocenters. The molecule has 0 radical (unpaired) electrons. The minimum Gasteiger partial charge on any atom is -0.481 e. The fourth-order valence-corrected chi connectivity index (χ4v) is 12.0. The lowest BCUT2D eigenvalue weighted by molar-refractivity contribution is -0.438. The SMILES string of the molecule is CC1(C)C(=CC=CC=CC=CC2=[N+](CCCCCC(=O)O)c3ccc4c(S(=O)(=O)O)cc(S(=O)(=O)O)cc4c3C2(C)C)N(CCCS(=O)(=O)O)c2ccc3c(SOOO)cc(S(=O)(=O)O)cc3c21. The lowest BCUT2D eigenvalue weighted by Crippen LogP contribution is -2.28. The lowest BCUT2D eigenvalue weighted by Gasteiger charge is -2.27. The second-order valence-electron chi connectivity index (χ2n) is 17.1. The molecule has 0 aromatic heterocycles. The van der Waals surface area contributed by atoms with E-state index in [1.54, 1.807) is 54.7 Å². The van der Waals surface area contributed by atoms with Crippen LogP contribution in [0.5, 0.6) is 0 Å². The molecule has 68 heavy (non-hydrogen) atoms. The predicted octanol–water partition coefficient (Wildman–Crippen LogP) is 7.81. The van der Waals surface area contributed by atoms with Crippen molar-refractivity contribution in [2.45, 2.75) is 90.2 Å². The number of anilines is 1. The van der Waals surface area contributed by atoms with Gasteiger partial charge in [-0.05, 0) is 97.3 Å². The van der Waals surface area contributed by atoms with Crippen LogP contribution in [0.15, 0.2) is 116 Å². The molecule has 24 heteroatoms. The zero-order valence-corrected chi connectivity index (χ0v) is 41.0. The highest BCUT2D eigenvalue weighted by Crippen LogP contribution is 2.52. The monoisotopic (exact) mass is 1040 g/mol. The maximum absolute atomic E-state index is 12.5. The van der Waals surface area contributed by atoms with E-state index in [-0.39, 0.29) is 35.1 Å². The number of allylic oxidation sites excluding steroid dienone is 8. The quantitative estimate of drug-likeness (QED) is 0.00935. The summed E-state index contributed by atoms with van der Waals surface area (Å²) >= 11 is 0.507. The van der Waals surface area contributed by atoms with Crippen LogP contribution in [0.25, 0.3) is 21.5 Å². The smallest absolute Gasteiger partial charge is 0.303 e. The van der Waals surface area contributed by atoms with E-state index in [1.165, 1.54) is 12.1 Å². The van der Waals surface area contributed by atoms with Crippen LogP contribution in [0, 0.1) is 0 Å². The molecule has 0 amide bonds. The first-order valence-electron chi connectivity index (χ1n) is 20.7. The first-order valence-corrected chi connectivity index (χ1v) is 27.4. The van der Waals surface area contributed by atoms with Gasteiger partial charge in [0, 0.05) is 64.2 Å². The van der Waals surface area contributed by atoms with Gasteiger partial charge >= 0.3 is 5.97 Å². The number of nitrogens with zero attached hydrogens (tertiary/aromatic N) is 2. The van der Waals surface area contributed by atoms with Crippen LogP contribution in [0.3, 0.4) is 0 Å². The minimum atomic E-state index is -4.96. The predicted molar refractivity (Wildman–Crippen MR) is 254 cm³/mol. The van der Waals surface area contributed by atoms with Crippen molar-refractivity contribution in [1.29, 1.82) is 0 Å². The van der Waals surface area contributed by atoms with Crippen molar-refractivity contribution in [3.8, 4) is 0 Å². The molecule has 0 saturated heterocycles. The highest BCUT2D eigenvalue weighted by molar-refractivity contribution is 7.94. The molecule has 0 saturated carbocycles. The molecule has 6 rings (SSSR count). The maximum atomic E-state index is 12.5. The summed E-state index contributed by atoms with van der Waals surface area (Å²) in [5, 5.41) is 22.8. The number of unbranched alkanes of at least 4 members (excludes halogenated alkanes) is 2. The summed E-state index contributed by atoms with van der Waals surface area (Å²) in [6.07, 6.45) is 13.9. The van der Waals surface area contributed by atoms with Gasteiger partial charge in [-0.25, -0.2) is 5.26 Å². The number of carbonyl (C=O) groups is 1. The number of carboxylic acids is 1. The van der Waals surface area contributed by atoms with Crippen LogP contribution in [-0.4, -0.2) is 97.3 Å². The fraction of sp³-hybridized carbons (Fsp3) is 0.318. The third-order valence-electron chi connectivity index (χ3n) is 11.8. The van der Waals surface area contributed by atoms with Gasteiger partial charge in [-0.15, -0.1) is 4.33 Å².